The van der Waals surface area contributed by atoms with E-state index in [2.05, 4.69) is 40.3 Å². The minimum absolute atomic E-state index is 0.154. The van der Waals surface area contributed by atoms with Gasteiger partial charge in [0.05, 0.1) is 10.9 Å². The molecular formula is C18H26N6OS. The van der Waals surface area contributed by atoms with Crippen molar-refractivity contribution in [3.05, 3.63) is 29.3 Å². The Hall–Kier alpha value is -1.93. The second kappa shape index (κ2) is 8.18. The van der Waals surface area contributed by atoms with Crippen LogP contribution in [0.1, 0.15) is 25.0 Å². The molecule has 2 aromatic rings. The van der Waals surface area contributed by atoms with Crippen LogP contribution in [0.3, 0.4) is 0 Å². The van der Waals surface area contributed by atoms with E-state index in [-0.39, 0.29) is 11.2 Å². The largest absolute Gasteiger partial charge is 0.339 e. The Morgan fingerprint density at radius 1 is 1.23 bits per heavy atom. The molecule has 1 fully saturated rings. The van der Waals surface area contributed by atoms with Crippen molar-refractivity contribution in [1.29, 1.82) is 0 Å². The number of likely N-dealkylation sites (N-methyl/N-ethyl adjacent to an activating group) is 1. The van der Waals surface area contributed by atoms with Gasteiger partial charge >= 0.3 is 0 Å². The van der Waals surface area contributed by atoms with Crippen LogP contribution >= 0.6 is 11.8 Å². The predicted molar refractivity (Wildman–Crippen MR) is 103 cm³/mol. The number of hydrogen-bond donors (Lipinski definition) is 0. The average molecular weight is 375 g/mol. The summed E-state index contributed by atoms with van der Waals surface area (Å²) in [6.45, 7) is 12.7. The molecule has 0 spiro atoms. The van der Waals surface area contributed by atoms with Crippen molar-refractivity contribution < 1.29 is 4.79 Å². The van der Waals surface area contributed by atoms with E-state index in [1.54, 1.807) is 4.68 Å². The Bertz CT molecular complexity index is 769. The number of piperazine rings is 1. The summed E-state index contributed by atoms with van der Waals surface area (Å²) >= 11 is 1.41. The molecule has 7 nitrogen and oxygen atoms in total. The van der Waals surface area contributed by atoms with Gasteiger partial charge in [-0.05, 0) is 49.4 Å². The lowest BCUT2D eigenvalue weighted by Crippen LogP contribution is -2.50. The van der Waals surface area contributed by atoms with Crippen molar-refractivity contribution in [1.82, 2.24) is 30.0 Å². The number of rotatable bonds is 5. The lowest BCUT2D eigenvalue weighted by Gasteiger charge is -2.35. The van der Waals surface area contributed by atoms with Gasteiger partial charge in [0.2, 0.25) is 11.1 Å². The molecule has 3 rings (SSSR count). The van der Waals surface area contributed by atoms with E-state index in [4.69, 9.17) is 0 Å². The normalized spacial score (nSPS) is 16.7. The number of tetrazole rings is 1. The zero-order chi connectivity index (χ0) is 18.7. The summed E-state index contributed by atoms with van der Waals surface area (Å²) in [4.78, 5) is 17.1. The standard InChI is InChI=1S/C18H26N6OS/c1-5-22-8-10-23(11-9-22)17(25)15(4)26-18-19-20-21-24(18)16-7-6-13(2)12-14(16)3/h6-7,12,15H,5,8-11H2,1-4H3/t15-/m1/s1. The van der Waals surface area contributed by atoms with Crippen LogP contribution in [0.4, 0.5) is 0 Å². The fourth-order valence-electron chi connectivity index (χ4n) is 3.20. The van der Waals surface area contributed by atoms with Crippen molar-refractivity contribution in [2.24, 2.45) is 0 Å². The molecule has 1 aliphatic heterocycles. The maximum atomic E-state index is 12.8. The Balaban J connectivity index is 1.70. The van der Waals surface area contributed by atoms with E-state index < -0.39 is 0 Å². The molecule has 0 unspecified atom stereocenters. The Morgan fingerprint density at radius 2 is 1.96 bits per heavy atom. The number of aryl methyl sites for hydroxylation is 2. The van der Waals surface area contributed by atoms with E-state index in [0.717, 1.165) is 44.0 Å². The van der Waals surface area contributed by atoms with Crippen LogP contribution in [0.15, 0.2) is 23.4 Å². The minimum atomic E-state index is -0.223. The SMILES string of the molecule is CCN1CCN(C(=O)[C@@H](C)Sc2nnnn2-c2ccc(C)cc2C)CC1. The zero-order valence-corrected chi connectivity index (χ0v) is 16.7. The van der Waals surface area contributed by atoms with Gasteiger partial charge in [0, 0.05) is 26.2 Å². The summed E-state index contributed by atoms with van der Waals surface area (Å²) < 4.78 is 1.72. The number of hydrogen-bond acceptors (Lipinski definition) is 6. The molecule has 1 aliphatic rings. The van der Waals surface area contributed by atoms with Crippen LogP contribution < -0.4 is 0 Å². The van der Waals surface area contributed by atoms with Gasteiger partial charge in [0.1, 0.15) is 0 Å². The molecule has 2 heterocycles. The number of thioether (sulfide) groups is 1. The van der Waals surface area contributed by atoms with E-state index in [9.17, 15) is 4.79 Å². The summed E-state index contributed by atoms with van der Waals surface area (Å²) in [5.41, 5.74) is 3.25. The monoisotopic (exact) mass is 374 g/mol. The van der Waals surface area contributed by atoms with Crippen LogP contribution in [0.5, 0.6) is 0 Å². The highest BCUT2D eigenvalue weighted by Crippen LogP contribution is 2.26. The molecule has 0 saturated carbocycles. The maximum absolute atomic E-state index is 12.8. The molecule has 8 heteroatoms. The first-order valence-electron chi connectivity index (χ1n) is 9.03. The molecule has 0 radical (unpaired) electrons. The third kappa shape index (κ3) is 4.07. The second-order valence-corrected chi connectivity index (χ2v) is 7.99. The van der Waals surface area contributed by atoms with Gasteiger partial charge in [-0.15, -0.1) is 5.10 Å². The molecule has 1 aromatic heterocycles. The summed E-state index contributed by atoms with van der Waals surface area (Å²) in [6, 6.07) is 6.16. The molecule has 26 heavy (non-hydrogen) atoms. The Morgan fingerprint density at radius 3 is 2.62 bits per heavy atom. The topological polar surface area (TPSA) is 67.2 Å². The summed E-state index contributed by atoms with van der Waals surface area (Å²) in [5.74, 6) is 0.154. The molecule has 0 N–H and O–H groups in total. The fourth-order valence-corrected chi connectivity index (χ4v) is 4.08. The second-order valence-electron chi connectivity index (χ2n) is 6.68. The number of amides is 1. The van der Waals surface area contributed by atoms with E-state index >= 15 is 0 Å². The van der Waals surface area contributed by atoms with Crippen LogP contribution in [0.2, 0.25) is 0 Å². The molecule has 1 atom stereocenters. The van der Waals surface area contributed by atoms with Crippen molar-refractivity contribution in [2.75, 3.05) is 32.7 Å². The summed E-state index contributed by atoms with van der Waals surface area (Å²) in [7, 11) is 0. The fraction of sp³-hybridized carbons (Fsp3) is 0.556. The van der Waals surface area contributed by atoms with Gasteiger partial charge in [0.25, 0.3) is 0 Å². The Kier molecular flexibility index (Phi) is 5.93. The average Bonchev–Trinajstić information content (AvgIpc) is 3.09. The highest BCUT2D eigenvalue weighted by atomic mass is 32.2. The van der Waals surface area contributed by atoms with E-state index in [1.165, 1.54) is 17.3 Å². The minimum Gasteiger partial charge on any atom is -0.339 e. The van der Waals surface area contributed by atoms with E-state index in [0.29, 0.717) is 5.16 Å². The summed E-state index contributed by atoms with van der Waals surface area (Å²) in [5, 5.41) is 12.5. The quantitative estimate of drug-likeness (QED) is 0.745. The van der Waals surface area contributed by atoms with Gasteiger partial charge in [-0.1, -0.05) is 36.4 Å². The molecule has 0 bridgehead atoms. The smallest absolute Gasteiger partial charge is 0.235 e. The van der Waals surface area contributed by atoms with Crippen molar-refractivity contribution >= 4 is 17.7 Å². The lowest BCUT2D eigenvalue weighted by atomic mass is 10.1. The van der Waals surface area contributed by atoms with Crippen molar-refractivity contribution in [3.63, 3.8) is 0 Å². The zero-order valence-electron chi connectivity index (χ0n) is 15.8. The Labute approximate surface area is 158 Å². The first-order valence-corrected chi connectivity index (χ1v) is 9.91. The van der Waals surface area contributed by atoms with Gasteiger partial charge in [0.15, 0.2) is 0 Å². The number of benzene rings is 1. The van der Waals surface area contributed by atoms with Crippen molar-refractivity contribution in [3.8, 4) is 5.69 Å². The highest BCUT2D eigenvalue weighted by molar-refractivity contribution is 8.00. The van der Waals surface area contributed by atoms with Crippen LogP contribution in [0.25, 0.3) is 5.69 Å². The van der Waals surface area contributed by atoms with Gasteiger partial charge in [-0.2, -0.15) is 4.68 Å². The maximum Gasteiger partial charge on any atom is 0.235 e. The predicted octanol–water partition coefficient (Wildman–Crippen LogP) is 1.92. The lowest BCUT2D eigenvalue weighted by molar-refractivity contribution is -0.132. The third-order valence-corrected chi connectivity index (χ3v) is 5.80. The molecule has 1 saturated heterocycles. The molecule has 1 amide bonds. The molecule has 140 valence electrons. The van der Waals surface area contributed by atoms with Crippen LogP contribution in [0, 0.1) is 13.8 Å². The van der Waals surface area contributed by atoms with Gasteiger partial charge in [-0.25, -0.2) is 0 Å². The molecule has 0 aliphatic carbocycles. The molecule has 1 aromatic carbocycles. The number of carbonyl (C=O) groups is 1. The number of carbonyl (C=O) groups excluding carboxylic acids is 1. The van der Waals surface area contributed by atoms with Crippen LogP contribution in [-0.4, -0.2) is 73.9 Å². The van der Waals surface area contributed by atoms with Crippen LogP contribution in [-0.2, 0) is 4.79 Å². The number of aromatic nitrogens is 4. The summed E-state index contributed by atoms with van der Waals surface area (Å²) in [6.07, 6.45) is 0. The highest BCUT2D eigenvalue weighted by Gasteiger charge is 2.26. The van der Waals surface area contributed by atoms with E-state index in [1.807, 2.05) is 30.9 Å². The first-order chi connectivity index (χ1) is 12.5. The third-order valence-electron chi connectivity index (χ3n) is 4.78. The number of nitrogens with zero attached hydrogens (tertiary/aromatic N) is 6. The van der Waals surface area contributed by atoms with Gasteiger partial charge in [-0.3, -0.25) is 4.79 Å². The first kappa shape index (κ1) is 18.8. The van der Waals surface area contributed by atoms with Gasteiger partial charge < -0.3 is 9.80 Å². The molecular weight excluding hydrogens is 348 g/mol. The van der Waals surface area contributed by atoms with Crippen molar-refractivity contribution in [2.45, 2.75) is 38.1 Å².